The van der Waals surface area contributed by atoms with Crippen LogP contribution in [0.2, 0.25) is 0 Å². The molecular weight excluding hydrogens is 262 g/mol. The van der Waals surface area contributed by atoms with E-state index in [-0.39, 0.29) is 0 Å². The maximum absolute atomic E-state index is 6.00. The zero-order valence-electron chi connectivity index (χ0n) is 13.4. The number of ether oxygens (including phenoxy) is 1. The summed E-state index contributed by atoms with van der Waals surface area (Å²) in [4.78, 5) is 0. The summed E-state index contributed by atoms with van der Waals surface area (Å²) in [7, 11) is 1.95. The Bertz CT molecular complexity index is 590. The number of nitrogens with one attached hydrogen (secondary N) is 1. The van der Waals surface area contributed by atoms with Crippen LogP contribution in [0.15, 0.2) is 24.3 Å². The smallest absolute Gasteiger partial charge is 0.130 e. The van der Waals surface area contributed by atoms with Gasteiger partial charge in [0.05, 0.1) is 11.4 Å². The van der Waals surface area contributed by atoms with Gasteiger partial charge in [0.2, 0.25) is 0 Å². The van der Waals surface area contributed by atoms with E-state index in [0.717, 1.165) is 36.6 Å². The van der Waals surface area contributed by atoms with Gasteiger partial charge in [-0.2, -0.15) is 5.10 Å². The normalized spacial score (nSPS) is 10.9. The van der Waals surface area contributed by atoms with E-state index in [4.69, 9.17) is 4.74 Å². The summed E-state index contributed by atoms with van der Waals surface area (Å²) in [5.74, 6) is 0.947. The van der Waals surface area contributed by atoms with E-state index in [1.807, 2.05) is 18.7 Å². The molecule has 0 spiro atoms. The van der Waals surface area contributed by atoms with Crippen LogP contribution in [0.4, 0.5) is 0 Å². The highest BCUT2D eigenvalue weighted by molar-refractivity contribution is 5.37. The summed E-state index contributed by atoms with van der Waals surface area (Å²) < 4.78 is 7.88. The molecule has 1 N–H and O–H groups in total. The van der Waals surface area contributed by atoms with Gasteiger partial charge < -0.3 is 10.1 Å². The number of aryl methyl sites for hydroxylation is 3. The molecule has 4 nitrogen and oxygen atoms in total. The predicted molar refractivity (Wildman–Crippen MR) is 85.5 cm³/mol. The highest BCUT2D eigenvalue weighted by Crippen LogP contribution is 2.21. The van der Waals surface area contributed by atoms with Gasteiger partial charge in [0, 0.05) is 19.2 Å². The van der Waals surface area contributed by atoms with Crippen molar-refractivity contribution >= 4 is 0 Å². The van der Waals surface area contributed by atoms with E-state index in [9.17, 15) is 0 Å². The Morgan fingerprint density at radius 1 is 1.24 bits per heavy atom. The molecule has 0 unspecified atom stereocenters. The largest absolute Gasteiger partial charge is 0.487 e. The maximum Gasteiger partial charge on any atom is 0.130 e. The van der Waals surface area contributed by atoms with Crippen molar-refractivity contribution < 1.29 is 4.74 Å². The van der Waals surface area contributed by atoms with Crippen molar-refractivity contribution in [2.24, 2.45) is 7.05 Å². The van der Waals surface area contributed by atoms with Crippen LogP contribution in [0.5, 0.6) is 5.75 Å². The topological polar surface area (TPSA) is 39.1 Å². The first-order chi connectivity index (χ1) is 10.1. The zero-order chi connectivity index (χ0) is 15.2. The van der Waals surface area contributed by atoms with Crippen molar-refractivity contribution in [1.29, 1.82) is 0 Å². The Kier molecular flexibility index (Phi) is 5.39. The van der Waals surface area contributed by atoms with Gasteiger partial charge >= 0.3 is 0 Å². The number of hydrogen-bond donors (Lipinski definition) is 1. The quantitative estimate of drug-likeness (QED) is 0.795. The molecule has 0 saturated carbocycles. The number of hydrogen-bond acceptors (Lipinski definition) is 3. The number of aromatic nitrogens is 2. The van der Waals surface area contributed by atoms with Crippen molar-refractivity contribution in [2.75, 3.05) is 6.54 Å². The van der Waals surface area contributed by atoms with Crippen molar-refractivity contribution in [2.45, 2.75) is 40.3 Å². The number of rotatable bonds is 7. The van der Waals surface area contributed by atoms with E-state index >= 15 is 0 Å². The molecule has 2 aromatic rings. The molecule has 1 heterocycles. The van der Waals surface area contributed by atoms with Crippen LogP contribution < -0.4 is 10.1 Å². The van der Waals surface area contributed by atoms with E-state index in [0.29, 0.717) is 6.61 Å². The fourth-order valence-electron chi connectivity index (χ4n) is 2.34. The summed E-state index contributed by atoms with van der Waals surface area (Å²) in [5.41, 5.74) is 4.57. The van der Waals surface area contributed by atoms with Crippen molar-refractivity contribution in [3.8, 4) is 5.75 Å². The Morgan fingerprint density at radius 2 is 2.05 bits per heavy atom. The molecule has 0 atom stereocenters. The Morgan fingerprint density at radius 3 is 2.71 bits per heavy atom. The third-order valence-electron chi connectivity index (χ3n) is 3.43. The molecular formula is C17H25N3O. The second-order valence-corrected chi connectivity index (χ2v) is 5.48. The first-order valence-electron chi connectivity index (χ1n) is 7.52. The van der Waals surface area contributed by atoms with Gasteiger partial charge in [-0.25, -0.2) is 0 Å². The van der Waals surface area contributed by atoms with Gasteiger partial charge in [0.1, 0.15) is 12.4 Å². The average molecular weight is 287 g/mol. The molecule has 0 aliphatic carbocycles. The standard InChI is InChI=1S/C17H25N3O/c1-5-8-18-11-15-9-13(2)6-7-17(15)21-12-16-10-14(3)19-20(16)4/h6-7,9-10,18H,5,8,11-12H2,1-4H3. The second-order valence-electron chi connectivity index (χ2n) is 5.48. The predicted octanol–water partition coefficient (Wildman–Crippen LogP) is 3.12. The lowest BCUT2D eigenvalue weighted by Crippen LogP contribution is -2.15. The Balaban J connectivity index is 2.06. The summed E-state index contributed by atoms with van der Waals surface area (Å²) in [6.45, 7) is 8.68. The van der Waals surface area contributed by atoms with Gasteiger partial charge in [-0.05, 0) is 38.9 Å². The molecule has 114 valence electrons. The van der Waals surface area contributed by atoms with Gasteiger partial charge in [-0.3, -0.25) is 4.68 Å². The minimum atomic E-state index is 0.543. The van der Waals surface area contributed by atoms with Crippen LogP contribution in [0.1, 0.15) is 35.9 Å². The lowest BCUT2D eigenvalue weighted by molar-refractivity contribution is 0.291. The molecule has 0 saturated heterocycles. The third kappa shape index (κ3) is 4.33. The molecule has 1 aromatic carbocycles. The highest BCUT2D eigenvalue weighted by atomic mass is 16.5. The van der Waals surface area contributed by atoms with Crippen molar-refractivity contribution in [3.63, 3.8) is 0 Å². The third-order valence-corrected chi connectivity index (χ3v) is 3.43. The van der Waals surface area contributed by atoms with E-state index in [1.165, 1.54) is 11.1 Å². The van der Waals surface area contributed by atoms with E-state index in [1.54, 1.807) is 0 Å². The zero-order valence-corrected chi connectivity index (χ0v) is 13.4. The van der Waals surface area contributed by atoms with Crippen molar-refractivity contribution in [1.82, 2.24) is 15.1 Å². The summed E-state index contributed by atoms with van der Waals surface area (Å²) >= 11 is 0. The first kappa shape index (κ1) is 15.6. The Hall–Kier alpha value is -1.81. The van der Waals surface area contributed by atoms with Crippen LogP contribution in [0, 0.1) is 13.8 Å². The molecule has 1 aromatic heterocycles. The highest BCUT2D eigenvalue weighted by Gasteiger charge is 2.07. The molecule has 0 bridgehead atoms. The second kappa shape index (κ2) is 7.27. The summed E-state index contributed by atoms with van der Waals surface area (Å²) in [6, 6.07) is 8.39. The molecule has 0 fully saturated rings. The molecule has 4 heteroatoms. The van der Waals surface area contributed by atoms with Crippen LogP contribution in [0.25, 0.3) is 0 Å². The van der Waals surface area contributed by atoms with Crippen LogP contribution in [0.3, 0.4) is 0 Å². The minimum Gasteiger partial charge on any atom is -0.487 e. The van der Waals surface area contributed by atoms with Gasteiger partial charge in [-0.1, -0.05) is 24.6 Å². The SMILES string of the molecule is CCCNCc1cc(C)ccc1OCc1cc(C)nn1C. The van der Waals surface area contributed by atoms with E-state index in [2.05, 4.69) is 48.5 Å². The molecule has 21 heavy (non-hydrogen) atoms. The number of nitrogens with zero attached hydrogens (tertiary/aromatic N) is 2. The van der Waals surface area contributed by atoms with Crippen LogP contribution in [-0.2, 0) is 20.2 Å². The lowest BCUT2D eigenvalue weighted by atomic mass is 10.1. The minimum absolute atomic E-state index is 0.543. The van der Waals surface area contributed by atoms with Gasteiger partial charge in [0.25, 0.3) is 0 Å². The average Bonchev–Trinajstić information content (AvgIpc) is 2.76. The number of benzene rings is 1. The van der Waals surface area contributed by atoms with Crippen LogP contribution >= 0.6 is 0 Å². The summed E-state index contributed by atoms with van der Waals surface area (Å²) in [5, 5.41) is 7.78. The molecule has 0 amide bonds. The fourth-order valence-corrected chi connectivity index (χ4v) is 2.34. The molecule has 2 rings (SSSR count). The molecule has 0 aliphatic heterocycles. The maximum atomic E-state index is 6.00. The summed E-state index contributed by atoms with van der Waals surface area (Å²) in [6.07, 6.45) is 1.14. The van der Waals surface area contributed by atoms with E-state index < -0.39 is 0 Å². The fraction of sp³-hybridized carbons (Fsp3) is 0.471. The monoisotopic (exact) mass is 287 g/mol. The lowest BCUT2D eigenvalue weighted by Gasteiger charge is -2.13. The van der Waals surface area contributed by atoms with Crippen LogP contribution in [-0.4, -0.2) is 16.3 Å². The molecule has 0 radical (unpaired) electrons. The first-order valence-corrected chi connectivity index (χ1v) is 7.52. The van der Waals surface area contributed by atoms with Gasteiger partial charge in [-0.15, -0.1) is 0 Å². The molecule has 0 aliphatic rings. The van der Waals surface area contributed by atoms with Gasteiger partial charge in [0.15, 0.2) is 0 Å². The van der Waals surface area contributed by atoms with Crippen molar-refractivity contribution in [3.05, 3.63) is 46.8 Å². The Labute approximate surface area is 127 Å².